The van der Waals surface area contributed by atoms with Crippen LogP contribution in [0.5, 0.6) is 5.75 Å². The van der Waals surface area contributed by atoms with Crippen LogP contribution in [0.2, 0.25) is 0 Å². The smallest absolute Gasteiger partial charge is 0.451 e. The summed E-state index contributed by atoms with van der Waals surface area (Å²) in [6.45, 7) is 3.06. The molecule has 0 radical (unpaired) electrons. The van der Waals surface area contributed by atoms with E-state index in [1.165, 1.54) is 0 Å². The van der Waals surface area contributed by atoms with Crippen LogP contribution in [0.3, 0.4) is 0 Å². The molecule has 8 nitrogen and oxygen atoms in total. The predicted octanol–water partition coefficient (Wildman–Crippen LogP) is 3.10. The van der Waals surface area contributed by atoms with Gasteiger partial charge in [-0.3, -0.25) is 0 Å². The monoisotopic (exact) mass is 419 g/mol. The SMILES string of the molecule is C[C@H]1Cn2ccc3nc(N[C@H]4C[C@H](Oc5cnc(C(F)(F)F)nc5)C4)nc(c32)N1C. The van der Waals surface area contributed by atoms with E-state index in [0.717, 1.165) is 35.8 Å². The third-order valence-corrected chi connectivity index (χ3v) is 5.66. The molecule has 4 heterocycles. The summed E-state index contributed by atoms with van der Waals surface area (Å²) in [5, 5.41) is 3.34. The number of aromatic nitrogens is 5. The number of hydrogen-bond acceptors (Lipinski definition) is 7. The molecule has 1 N–H and O–H groups in total. The lowest BCUT2D eigenvalue weighted by molar-refractivity contribution is -0.145. The quantitative estimate of drug-likeness (QED) is 0.696. The summed E-state index contributed by atoms with van der Waals surface area (Å²) >= 11 is 0. The molecule has 0 aromatic carbocycles. The van der Waals surface area contributed by atoms with E-state index >= 15 is 0 Å². The Morgan fingerprint density at radius 3 is 2.60 bits per heavy atom. The molecule has 0 saturated heterocycles. The van der Waals surface area contributed by atoms with E-state index in [-0.39, 0.29) is 17.9 Å². The van der Waals surface area contributed by atoms with Crippen molar-refractivity contribution in [3.05, 3.63) is 30.5 Å². The Morgan fingerprint density at radius 2 is 1.90 bits per heavy atom. The van der Waals surface area contributed by atoms with Crippen molar-refractivity contribution in [3.8, 4) is 5.75 Å². The molecule has 2 aliphatic rings. The highest BCUT2D eigenvalue weighted by Crippen LogP contribution is 2.33. The number of nitrogens with one attached hydrogen (secondary N) is 1. The minimum absolute atomic E-state index is 0.117. The molecule has 11 heteroatoms. The Labute approximate surface area is 170 Å². The molecule has 5 rings (SSSR count). The molecule has 1 aliphatic heterocycles. The zero-order valence-corrected chi connectivity index (χ0v) is 16.4. The Hall–Kier alpha value is -3.11. The summed E-state index contributed by atoms with van der Waals surface area (Å²) in [5.41, 5.74) is 1.94. The fraction of sp³-hybridized carbons (Fsp3) is 0.474. The lowest BCUT2D eigenvalue weighted by atomic mass is 9.89. The maximum absolute atomic E-state index is 12.5. The number of halogens is 3. The van der Waals surface area contributed by atoms with Gasteiger partial charge in [-0.15, -0.1) is 0 Å². The summed E-state index contributed by atoms with van der Waals surface area (Å²) < 4.78 is 45.4. The second kappa shape index (κ2) is 6.71. The van der Waals surface area contributed by atoms with E-state index in [2.05, 4.69) is 36.7 Å². The van der Waals surface area contributed by atoms with Gasteiger partial charge in [-0.25, -0.2) is 15.0 Å². The van der Waals surface area contributed by atoms with Gasteiger partial charge in [-0.2, -0.15) is 18.2 Å². The fourth-order valence-electron chi connectivity index (χ4n) is 3.84. The van der Waals surface area contributed by atoms with Crippen molar-refractivity contribution in [2.45, 2.75) is 50.7 Å². The van der Waals surface area contributed by atoms with Crippen molar-refractivity contribution in [2.24, 2.45) is 0 Å². The van der Waals surface area contributed by atoms with Crippen LogP contribution in [0.4, 0.5) is 24.9 Å². The van der Waals surface area contributed by atoms with Gasteiger partial charge in [-0.05, 0) is 13.0 Å². The second-order valence-corrected chi connectivity index (χ2v) is 7.83. The summed E-state index contributed by atoms with van der Waals surface area (Å²) in [7, 11) is 2.03. The first-order valence-corrected chi connectivity index (χ1v) is 9.70. The van der Waals surface area contributed by atoms with Gasteiger partial charge < -0.3 is 19.5 Å². The van der Waals surface area contributed by atoms with Crippen LogP contribution >= 0.6 is 0 Å². The van der Waals surface area contributed by atoms with Gasteiger partial charge >= 0.3 is 6.18 Å². The van der Waals surface area contributed by atoms with E-state index in [1.807, 2.05) is 19.3 Å². The summed E-state index contributed by atoms with van der Waals surface area (Å²) in [5.74, 6) is 0.524. The molecule has 1 aliphatic carbocycles. The van der Waals surface area contributed by atoms with Gasteiger partial charge in [0, 0.05) is 44.7 Å². The number of anilines is 2. The van der Waals surface area contributed by atoms with Crippen molar-refractivity contribution in [3.63, 3.8) is 0 Å². The van der Waals surface area contributed by atoms with Crippen LogP contribution in [0.1, 0.15) is 25.6 Å². The number of hydrogen-bond donors (Lipinski definition) is 1. The molecule has 1 atom stereocenters. The van der Waals surface area contributed by atoms with Crippen molar-refractivity contribution in [1.29, 1.82) is 0 Å². The van der Waals surface area contributed by atoms with E-state index in [1.54, 1.807) is 0 Å². The number of ether oxygens (including phenoxy) is 1. The third kappa shape index (κ3) is 3.27. The fourth-order valence-corrected chi connectivity index (χ4v) is 3.84. The maximum atomic E-state index is 12.5. The second-order valence-electron chi connectivity index (χ2n) is 7.83. The van der Waals surface area contributed by atoms with Gasteiger partial charge in [-0.1, -0.05) is 0 Å². The Bertz CT molecular complexity index is 1080. The average Bonchev–Trinajstić information content (AvgIpc) is 3.07. The Morgan fingerprint density at radius 1 is 1.17 bits per heavy atom. The first kappa shape index (κ1) is 18.9. The minimum Gasteiger partial charge on any atom is -0.487 e. The van der Waals surface area contributed by atoms with Crippen LogP contribution < -0.4 is 15.0 Å². The lowest BCUT2D eigenvalue weighted by Crippen LogP contribution is -2.43. The summed E-state index contributed by atoms with van der Waals surface area (Å²) in [6, 6.07) is 2.46. The average molecular weight is 419 g/mol. The molecule has 0 unspecified atom stereocenters. The molecule has 0 spiro atoms. The maximum Gasteiger partial charge on any atom is 0.451 e. The van der Waals surface area contributed by atoms with Crippen molar-refractivity contribution < 1.29 is 17.9 Å². The van der Waals surface area contributed by atoms with Gasteiger partial charge in [0.2, 0.25) is 11.8 Å². The standard InChI is InChI=1S/C19H20F3N7O/c1-10-9-29-4-3-14-15(29)16(28(10)2)27-18(26-14)25-11-5-12(6-11)30-13-7-23-17(24-8-13)19(20,21)22/h3-4,7-8,10-12H,5-6,9H2,1-2H3,(H,25,26,27)/t10-,11-,12-/m0/s1. The van der Waals surface area contributed by atoms with Gasteiger partial charge in [0.15, 0.2) is 11.6 Å². The summed E-state index contributed by atoms with van der Waals surface area (Å²) in [6.07, 6.45) is 0.844. The van der Waals surface area contributed by atoms with Gasteiger partial charge in [0.05, 0.1) is 17.9 Å². The molecule has 3 aromatic heterocycles. The molecule has 3 aromatic rings. The predicted molar refractivity (Wildman–Crippen MR) is 103 cm³/mol. The Kier molecular flexibility index (Phi) is 4.23. The normalized spacial score (nSPS) is 23.4. The van der Waals surface area contributed by atoms with E-state index in [9.17, 15) is 13.2 Å². The Balaban J connectivity index is 1.22. The zero-order valence-electron chi connectivity index (χ0n) is 16.4. The molecular formula is C19H20F3N7O. The lowest BCUT2D eigenvalue weighted by Gasteiger charge is -2.36. The van der Waals surface area contributed by atoms with Crippen molar-refractivity contribution in [2.75, 3.05) is 17.3 Å². The van der Waals surface area contributed by atoms with Crippen LogP contribution in [-0.2, 0) is 12.7 Å². The van der Waals surface area contributed by atoms with Crippen molar-refractivity contribution >= 4 is 22.8 Å². The highest BCUT2D eigenvalue weighted by Gasteiger charge is 2.35. The largest absolute Gasteiger partial charge is 0.487 e. The minimum atomic E-state index is -4.56. The topological polar surface area (TPSA) is 81.0 Å². The van der Waals surface area contributed by atoms with E-state index in [4.69, 9.17) is 9.72 Å². The van der Waals surface area contributed by atoms with Crippen LogP contribution in [0, 0.1) is 0 Å². The van der Waals surface area contributed by atoms with Crippen molar-refractivity contribution in [1.82, 2.24) is 24.5 Å². The molecule has 1 fully saturated rings. The number of rotatable bonds is 4. The zero-order chi connectivity index (χ0) is 21.0. The van der Waals surface area contributed by atoms with E-state index < -0.39 is 12.0 Å². The molecule has 30 heavy (non-hydrogen) atoms. The molecule has 1 saturated carbocycles. The van der Waals surface area contributed by atoms with E-state index in [0.29, 0.717) is 24.8 Å². The first-order valence-electron chi connectivity index (χ1n) is 9.70. The van der Waals surface area contributed by atoms with Gasteiger partial charge in [0.1, 0.15) is 11.6 Å². The van der Waals surface area contributed by atoms with Gasteiger partial charge in [0.25, 0.3) is 0 Å². The molecule has 0 bridgehead atoms. The highest BCUT2D eigenvalue weighted by molar-refractivity contribution is 5.89. The third-order valence-electron chi connectivity index (χ3n) is 5.66. The molecule has 0 amide bonds. The molecular weight excluding hydrogens is 399 g/mol. The first-order chi connectivity index (χ1) is 14.3. The highest BCUT2D eigenvalue weighted by atomic mass is 19.4. The number of alkyl halides is 3. The van der Waals surface area contributed by atoms with Crippen LogP contribution in [-0.4, -0.2) is 49.7 Å². The molecule has 158 valence electrons. The van der Waals surface area contributed by atoms with Crippen LogP contribution in [0.15, 0.2) is 24.7 Å². The number of nitrogens with zero attached hydrogens (tertiary/aromatic N) is 6. The number of likely N-dealkylation sites (N-methyl/N-ethyl adjacent to an activating group) is 1. The van der Waals surface area contributed by atoms with Crippen LogP contribution in [0.25, 0.3) is 11.0 Å². The summed E-state index contributed by atoms with van der Waals surface area (Å²) in [4.78, 5) is 18.1.